The van der Waals surface area contributed by atoms with Gasteiger partial charge in [-0.2, -0.15) is 0 Å². The zero-order chi connectivity index (χ0) is 13.6. The first-order chi connectivity index (χ1) is 8.48. The number of aliphatic carboxylic acids is 1. The number of urea groups is 1. The molecule has 0 aliphatic rings. The molecule has 18 heavy (non-hydrogen) atoms. The van der Waals surface area contributed by atoms with E-state index in [-0.39, 0.29) is 0 Å². The molecule has 0 saturated carbocycles. The van der Waals surface area contributed by atoms with E-state index in [2.05, 4.69) is 15.6 Å². The SMILES string of the molecule is CCCC(C)(NC(=O)NCc1cncs1)C(=O)O. The Hall–Kier alpha value is -1.63. The first-order valence-corrected chi connectivity index (χ1v) is 6.52. The van der Waals surface area contributed by atoms with E-state index >= 15 is 0 Å². The summed E-state index contributed by atoms with van der Waals surface area (Å²) in [5, 5.41) is 14.2. The molecule has 6 nitrogen and oxygen atoms in total. The second-order valence-electron chi connectivity index (χ2n) is 4.16. The lowest BCUT2D eigenvalue weighted by molar-refractivity contribution is -0.144. The van der Waals surface area contributed by atoms with Crippen LogP contribution in [0.25, 0.3) is 0 Å². The lowest BCUT2D eigenvalue weighted by atomic mass is 9.97. The van der Waals surface area contributed by atoms with Gasteiger partial charge in [-0.25, -0.2) is 9.59 Å². The van der Waals surface area contributed by atoms with Crippen molar-refractivity contribution in [2.24, 2.45) is 0 Å². The molecule has 1 unspecified atom stereocenters. The van der Waals surface area contributed by atoms with Gasteiger partial charge in [0.05, 0.1) is 12.1 Å². The van der Waals surface area contributed by atoms with Gasteiger partial charge in [0.1, 0.15) is 5.54 Å². The Morgan fingerprint density at radius 2 is 2.28 bits per heavy atom. The molecule has 0 aliphatic carbocycles. The Balaban J connectivity index is 2.49. The van der Waals surface area contributed by atoms with Gasteiger partial charge in [-0.05, 0) is 13.3 Å². The third-order valence-corrected chi connectivity index (χ3v) is 3.30. The van der Waals surface area contributed by atoms with E-state index < -0.39 is 17.5 Å². The van der Waals surface area contributed by atoms with Crippen LogP contribution in [0.5, 0.6) is 0 Å². The van der Waals surface area contributed by atoms with Crippen molar-refractivity contribution in [3.05, 3.63) is 16.6 Å². The van der Waals surface area contributed by atoms with E-state index in [1.165, 1.54) is 18.3 Å². The number of carboxylic acid groups (broad SMARTS) is 1. The lowest BCUT2D eigenvalue weighted by Gasteiger charge is -2.25. The Bertz CT molecular complexity index is 408. The summed E-state index contributed by atoms with van der Waals surface area (Å²) < 4.78 is 0. The second-order valence-corrected chi connectivity index (χ2v) is 5.13. The molecule has 0 radical (unpaired) electrons. The molecule has 0 aromatic carbocycles. The van der Waals surface area contributed by atoms with E-state index in [4.69, 9.17) is 5.11 Å². The van der Waals surface area contributed by atoms with Crippen molar-refractivity contribution in [2.45, 2.75) is 38.8 Å². The van der Waals surface area contributed by atoms with E-state index in [0.717, 1.165) is 4.88 Å². The Kier molecular flexibility index (Phi) is 5.08. The van der Waals surface area contributed by atoms with Crippen LogP contribution >= 0.6 is 11.3 Å². The van der Waals surface area contributed by atoms with Gasteiger partial charge in [0.25, 0.3) is 0 Å². The first kappa shape index (κ1) is 14.4. The summed E-state index contributed by atoms with van der Waals surface area (Å²) in [6.07, 6.45) is 2.72. The molecule has 1 heterocycles. The quantitative estimate of drug-likeness (QED) is 0.732. The van der Waals surface area contributed by atoms with E-state index in [1.807, 2.05) is 6.92 Å². The topological polar surface area (TPSA) is 91.3 Å². The molecule has 0 aliphatic heterocycles. The summed E-state index contributed by atoms with van der Waals surface area (Å²) in [6.45, 7) is 3.72. The van der Waals surface area contributed by atoms with Crippen molar-refractivity contribution in [3.8, 4) is 0 Å². The van der Waals surface area contributed by atoms with E-state index in [9.17, 15) is 9.59 Å². The average Bonchev–Trinajstić information content (AvgIpc) is 2.79. The van der Waals surface area contributed by atoms with Gasteiger partial charge in [0, 0.05) is 11.1 Å². The number of nitrogens with one attached hydrogen (secondary N) is 2. The van der Waals surface area contributed by atoms with Gasteiger partial charge in [0.2, 0.25) is 0 Å². The highest BCUT2D eigenvalue weighted by atomic mass is 32.1. The van der Waals surface area contributed by atoms with Crippen molar-refractivity contribution in [1.82, 2.24) is 15.6 Å². The van der Waals surface area contributed by atoms with Crippen LogP contribution in [0.15, 0.2) is 11.7 Å². The lowest BCUT2D eigenvalue weighted by Crippen LogP contribution is -2.54. The molecule has 2 amide bonds. The molecular weight excluding hydrogens is 254 g/mol. The molecule has 0 spiro atoms. The molecule has 0 bridgehead atoms. The zero-order valence-electron chi connectivity index (χ0n) is 10.4. The minimum Gasteiger partial charge on any atom is -0.480 e. The Labute approximate surface area is 109 Å². The summed E-state index contributed by atoms with van der Waals surface area (Å²) in [4.78, 5) is 27.6. The van der Waals surface area contributed by atoms with Crippen molar-refractivity contribution in [1.29, 1.82) is 0 Å². The molecular formula is C11H17N3O3S. The van der Waals surface area contributed by atoms with Gasteiger partial charge < -0.3 is 15.7 Å². The monoisotopic (exact) mass is 271 g/mol. The zero-order valence-corrected chi connectivity index (χ0v) is 11.2. The van der Waals surface area contributed by atoms with E-state index in [0.29, 0.717) is 19.4 Å². The standard InChI is InChI=1S/C11H17N3O3S/c1-3-4-11(2,9(15)16)14-10(17)13-6-8-5-12-7-18-8/h5,7H,3-4,6H2,1-2H3,(H,15,16)(H2,13,14,17). The summed E-state index contributed by atoms with van der Waals surface area (Å²) >= 11 is 1.43. The third kappa shape index (κ3) is 3.99. The van der Waals surface area contributed by atoms with Gasteiger partial charge in [-0.15, -0.1) is 11.3 Å². The Morgan fingerprint density at radius 3 is 2.78 bits per heavy atom. The van der Waals surface area contributed by atoms with Crippen LogP contribution in [0.2, 0.25) is 0 Å². The summed E-state index contributed by atoms with van der Waals surface area (Å²) in [5.41, 5.74) is 0.444. The number of amides is 2. The highest BCUT2D eigenvalue weighted by Gasteiger charge is 2.33. The summed E-state index contributed by atoms with van der Waals surface area (Å²) in [5.74, 6) is -1.03. The number of rotatable bonds is 6. The summed E-state index contributed by atoms with van der Waals surface area (Å²) in [6, 6.07) is -0.484. The minimum atomic E-state index is -1.23. The van der Waals surface area contributed by atoms with Crippen LogP contribution in [0.3, 0.4) is 0 Å². The molecule has 1 rings (SSSR count). The molecule has 3 N–H and O–H groups in total. The van der Waals surface area contributed by atoms with Crippen LogP contribution in [0.4, 0.5) is 4.79 Å². The van der Waals surface area contributed by atoms with Crippen LogP contribution in [0, 0.1) is 0 Å². The highest BCUT2D eigenvalue weighted by Crippen LogP contribution is 2.12. The number of thiazole rings is 1. The van der Waals surface area contributed by atoms with Crippen molar-refractivity contribution >= 4 is 23.3 Å². The maximum atomic E-state index is 11.6. The molecule has 1 atom stereocenters. The maximum absolute atomic E-state index is 11.6. The van der Waals surface area contributed by atoms with Crippen LogP contribution in [-0.4, -0.2) is 27.6 Å². The minimum absolute atomic E-state index is 0.346. The van der Waals surface area contributed by atoms with Gasteiger partial charge in [0.15, 0.2) is 0 Å². The van der Waals surface area contributed by atoms with Gasteiger partial charge in [-0.1, -0.05) is 13.3 Å². The molecule has 1 aromatic heterocycles. The molecule has 0 fully saturated rings. The number of carbonyl (C=O) groups excluding carboxylic acids is 1. The normalized spacial score (nSPS) is 13.7. The van der Waals surface area contributed by atoms with Crippen molar-refractivity contribution < 1.29 is 14.7 Å². The fourth-order valence-electron chi connectivity index (χ4n) is 1.51. The number of hydrogen-bond donors (Lipinski definition) is 3. The number of carboxylic acids is 1. The number of aromatic nitrogens is 1. The molecule has 7 heteroatoms. The largest absolute Gasteiger partial charge is 0.480 e. The predicted octanol–water partition coefficient (Wildman–Crippen LogP) is 1.59. The second kappa shape index (κ2) is 6.34. The number of nitrogens with zero attached hydrogens (tertiary/aromatic N) is 1. The van der Waals surface area contributed by atoms with Crippen molar-refractivity contribution in [3.63, 3.8) is 0 Å². The van der Waals surface area contributed by atoms with Crippen molar-refractivity contribution in [2.75, 3.05) is 0 Å². The fourth-order valence-corrected chi connectivity index (χ4v) is 2.05. The van der Waals surface area contributed by atoms with E-state index in [1.54, 1.807) is 11.7 Å². The number of carbonyl (C=O) groups is 2. The van der Waals surface area contributed by atoms with Gasteiger partial charge >= 0.3 is 12.0 Å². The van der Waals surface area contributed by atoms with Crippen LogP contribution < -0.4 is 10.6 Å². The first-order valence-electron chi connectivity index (χ1n) is 5.64. The fraction of sp³-hybridized carbons (Fsp3) is 0.545. The third-order valence-electron chi connectivity index (χ3n) is 2.52. The smallest absolute Gasteiger partial charge is 0.329 e. The summed E-state index contributed by atoms with van der Waals surface area (Å²) in [7, 11) is 0. The average molecular weight is 271 g/mol. The van der Waals surface area contributed by atoms with Gasteiger partial charge in [-0.3, -0.25) is 4.98 Å². The maximum Gasteiger partial charge on any atom is 0.329 e. The Morgan fingerprint density at radius 1 is 1.56 bits per heavy atom. The highest BCUT2D eigenvalue weighted by molar-refractivity contribution is 7.09. The van der Waals surface area contributed by atoms with Crippen LogP contribution in [0.1, 0.15) is 31.6 Å². The van der Waals surface area contributed by atoms with Crippen LogP contribution in [-0.2, 0) is 11.3 Å². The number of hydrogen-bond acceptors (Lipinski definition) is 4. The predicted molar refractivity (Wildman–Crippen MR) is 68.4 cm³/mol. The molecule has 1 aromatic rings. The molecule has 100 valence electrons. The molecule has 0 saturated heterocycles.